The summed E-state index contributed by atoms with van der Waals surface area (Å²) in [6, 6.07) is 24.2. The smallest absolute Gasteiger partial charge is 0.246 e. The first kappa shape index (κ1) is 43.4. The lowest BCUT2D eigenvalue weighted by atomic mass is 9.95. The number of nitrogens with one attached hydrogen (secondary N) is 4. The van der Waals surface area contributed by atoms with E-state index >= 15 is 0 Å². The van der Waals surface area contributed by atoms with Crippen LogP contribution in [0.1, 0.15) is 60.8 Å². The predicted octanol–water partition coefficient (Wildman–Crippen LogP) is 3.08. The Morgan fingerprint density at radius 3 is 1.10 bits per heavy atom. The van der Waals surface area contributed by atoms with Crippen molar-refractivity contribution in [2.24, 2.45) is 0 Å². The monoisotopic (exact) mass is 842 g/mol. The lowest BCUT2D eigenvalue weighted by Crippen LogP contribution is -2.64. The zero-order valence-corrected chi connectivity index (χ0v) is 34.6. The van der Waals surface area contributed by atoms with E-state index in [2.05, 4.69) is 21.3 Å². The first-order chi connectivity index (χ1) is 30.0. The van der Waals surface area contributed by atoms with Gasteiger partial charge < -0.3 is 41.3 Å². The number of rotatable bonds is 8. The van der Waals surface area contributed by atoms with E-state index in [-0.39, 0.29) is 50.3 Å². The maximum Gasteiger partial charge on any atom is 0.246 e. The van der Waals surface area contributed by atoms with Gasteiger partial charge in [-0.2, -0.15) is 0 Å². The molecule has 3 aliphatic heterocycles. The second-order valence-electron chi connectivity index (χ2n) is 16.5. The quantitative estimate of drug-likeness (QED) is 0.156. The number of carbonyl (C=O) groups is 6. The van der Waals surface area contributed by atoms with Crippen molar-refractivity contribution in [3.05, 3.63) is 131 Å². The zero-order chi connectivity index (χ0) is 43.6. The molecule has 0 bridgehead atoms. The average Bonchev–Trinajstić information content (AvgIpc) is 3.29. The zero-order valence-electron chi connectivity index (χ0n) is 34.6. The summed E-state index contributed by atoms with van der Waals surface area (Å²) in [7, 11) is 0. The molecule has 14 heteroatoms. The second-order valence-corrected chi connectivity index (χ2v) is 16.5. The highest BCUT2D eigenvalue weighted by Gasteiger charge is 2.41. The van der Waals surface area contributed by atoms with Crippen molar-refractivity contribution in [2.75, 3.05) is 13.1 Å². The molecular weight excluding hydrogens is 789 g/mol. The molecule has 0 aliphatic carbocycles. The van der Waals surface area contributed by atoms with Gasteiger partial charge in [-0.05, 0) is 85.0 Å². The van der Waals surface area contributed by atoms with Gasteiger partial charge in [0.15, 0.2) is 0 Å². The minimum atomic E-state index is -1.17. The highest BCUT2D eigenvalue weighted by Crippen LogP contribution is 2.24. The van der Waals surface area contributed by atoms with Crippen molar-refractivity contribution < 1.29 is 39.0 Å². The van der Waals surface area contributed by atoms with Crippen LogP contribution in [-0.4, -0.2) is 105 Å². The molecule has 0 saturated carbocycles. The van der Waals surface area contributed by atoms with Crippen molar-refractivity contribution in [3.8, 4) is 11.5 Å². The summed E-state index contributed by atoms with van der Waals surface area (Å²) >= 11 is 0. The van der Waals surface area contributed by atoms with E-state index in [0.717, 1.165) is 11.1 Å². The largest absolute Gasteiger partial charge is 0.508 e. The van der Waals surface area contributed by atoms with Gasteiger partial charge in [-0.3, -0.25) is 28.8 Å². The van der Waals surface area contributed by atoms with Gasteiger partial charge in [0.2, 0.25) is 35.4 Å². The SMILES string of the molecule is O=C1N[C@@H](Cc2ccc(O)cc2)C(=O)N2CCCC[C@H]2C(=O)N[C@@H](Cc2ccccc2)C(=O)N[C@@H](Cc2ccc(O)cc2)C(=O)N2CCCC[C@H]2C(=O)N[C@H]1Cc1ccccc1. The summed E-state index contributed by atoms with van der Waals surface area (Å²) in [6.45, 7) is 0.443. The number of phenolic OH excluding ortho intramolecular Hbond substituents is 2. The van der Waals surface area contributed by atoms with Crippen LogP contribution in [0.4, 0.5) is 0 Å². The molecule has 3 saturated heterocycles. The molecule has 0 aromatic heterocycles. The number of hydrogen-bond donors (Lipinski definition) is 6. The fourth-order valence-electron chi connectivity index (χ4n) is 8.67. The summed E-state index contributed by atoms with van der Waals surface area (Å²) in [5.74, 6) is -3.27. The predicted molar refractivity (Wildman–Crippen MR) is 230 cm³/mol. The first-order valence-electron chi connectivity index (χ1n) is 21.5. The van der Waals surface area contributed by atoms with E-state index in [9.17, 15) is 39.0 Å². The molecule has 6 N–H and O–H groups in total. The van der Waals surface area contributed by atoms with Crippen molar-refractivity contribution in [1.29, 1.82) is 0 Å². The Bertz CT molecular complexity index is 2050. The molecule has 324 valence electrons. The third-order valence-electron chi connectivity index (χ3n) is 12.0. The van der Waals surface area contributed by atoms with Crippen LogP contribution in [0.15, 0.2) is 109 Å². The van der Waals surface area contributed by atoms with Crippen molar-refractivity contribution >= 4 is 35.4 Å². The average molecular weight is 843 g/mol. The lowest BCUT2D eigenvalue weighted by molar-refractivity contribution is -0.147. The van der Waals surface area contributed by atoms with Crippen LogP contribution in [0.3, 0.4) is 0 Å². The number of carbonyl (C=O) groups excluding carboxylic acids is 6. The van der Waals surface area contributed by atoms with Crippen LogP contribution < -0.4 is 21.3 Å². The van der Waals surface area contributed by atoms with E-state index in [1.54, 1.807) is 24.3 Å². The number of amides is 6. The fourth-order valence-corrected chi connectivity index (χ4v) is 8.67. The Labute approximate surface area is 361 Å². The molecular formula is C48H54N6O8. The lowest BCUT2D eigenvalue weighted by Gasteiger charge is -2.39. The van der Waals surface area contributed by atoms with Crippen LogP contribution in [0, 0.1) is 0 Å². The molecule has 3 fully saturated rings. The summed E-state index contributed by atoms with van der Waals surface area (Å²) in [5, 5.41) is 31.8. The summed E-state index contributed by atoms with van der Waals surface area (Å²) in [6.07, 6.45) is 3.30. The third kappa shape index (κ3) is 11.0. The number of phenols is 2. The second kappa shape index (κ2) is 20.2. The number of nitrogens with zero attached hydrogens (tertiary/aromatic N) is 2. The molecule has 4 aromatic rings. The first-order valence-corrected chi connectivity index (χ1v) is 21.5. The minimum absolute atomic E-state index is 0.0219. The molecule has 62 heavy (non-hydrogen) atoms. The van der Waals surface area contributed by atoms with Crippen molar-refractivity contribution in [1.82, 2.24) is 31.1 Å². The molecule has 0 radical (unpaired) electrons. The maximum absolute atomic E-state index is 14.8. The number of benzene rings is 4. The van der Waals surface area contributed by atoms with Gasteiger partial charge >= 0.3 is 0 Å². The van der Waals surface area contributed by atoms with Crippen LogP contribution in [0.25, 0.3) is 0 Å². The van der Waals surface area contributed by atoms with Crippen LogP contribution in [0.5, 0.6) is 11.5 Å². The van der Waals surface area contributed by atoms with E-state index in [0.29, 0.717) is 49.7 Å². The summed E-state index contributed by atoms with van der Waals surface area (Å²) < 4.78 is 0. The Balaban J connectivity index is 1.30. The van der Waals surface area contributed by atoms with Gasteiger partial charge in [-0.25, -0.2) is 0 Å². The molecule has 3 heterocycles. The molecule has 7 rings (SSSR count). The molecule has 4 aromatic carbocycles. The standard InChI is InChI=1S/C48H54N6O8/c55-35-21-17-33(18-22-35)29-39-47(61)54-26-10-8-16-42(54)46(60)50-38(28-32-13-5-2-6-14-32)44(58)52-40(30-34-19-23-36(56)24-20-34)48(62)53-25-9-7-15-41(53)45(59)49-37(43(57)51-39)27-31-11-3-1-4-12-31/h1-6,11-14,17-24,37-42,55-56H,7-10,15-16,25-30H2,(H,49,59)(H,50,60)(H,51,57)(H,52,58)/t37-,38-,39-,40-,41-,42-/m0/s1. The minimum Gasteiger partial charge on any atom is -0.508 e. The van der Waals surface area contributed by atoms with Crippen molar-refractivity contribution in [3.63, 3.8) is 0 Å². The van der Waals surface area contributed by atoms with Gasteiger partial charge in [-0.15, -0.1) is 0 Å². The van der Waals surface area contributed by atoms with Gasteiger partial charge in [0.25, 0.3) is 0 Å². The molecule has 3 aliphatic rings. The highest BCUT2D eigenvalue weighted by molar-refractivity contribution is 5.98. The number of piperidine rings is 2. The van der Waals surface area contributed by atoms with Gasteiger partial charge in [0, 0.05) is 38.8 Å². The maximum atomic E-state index is 14.8. The van der Waals surface area contributed by atoms with Crippen LogP contribution in [0.2, 0.25) is 0 Å². The number of aromatic hydroxyl groups is 2. The number of fused-ring (bicyclic) bond motifs is 2. The molecule has 6 atom stereocenters. The highest BCUT2D eigenvalue weighted by atomic mass is 16.3. The fraction of sp³-hybridized carbons (Fsp3) is 0.375. The summed E-state index contributed by atoms with van der Waals surface area (Å²) in [5.41, 5.74) is 2.79. The topological polar surface area (TPSA) is 197 Å². The Kier molecular flexibility index (Phi) is 14.2. The van der Waals surface area contributed by atoms with E-state index in [1.807, 2.05) is 60.7 Å². The molecule has 6 amide bonds. The van der Waals surface area contributed by atoms with Gasteiger partial charge in [0.05, 0.1) is 0 Å². The van der Waals surface area contributed by atoms with E-state index < -0.39 is 71.7 Å². The van der Waals surface area contributed by atoms with Crippen LogP contribution in [-0.2, 0) is 54.5 Å². The van der Waals surface area contributed by atoms with Crippen molar-refractivity contribution in [2.45, 2.75) is 100 Å². The Hall–Kier alpha value is -6.70. The van der Waals surface area contributed by atoms with E-state index in [1.165, 1.54) is 34.1 Å². The molecule has 14 nitrogen and oxygen atoms in total. The third-order valence-corrected chi connectivity index (χ3v) is 12.0. The van der Waals surface area contributed by atoms with E-state index in [4.69, 9.17) is 0 Å². The number of hydrogen-bond acceptors (Lipinski definition) is 8. The molecule has 0 spiro atoms. The normalized spacial score (nSPS) is 24.3. The Morgan fingerprint density at radius 2 is 0.726 bits per heavy atom. The molecule has 0 unspecified atom stereocenters. The Morgan fingerprint density at radius 1 is 0.403 bits per heavy atom. The van der Waals surface area contributed by atoms with Crippen LogP contribution >= 0.6 is 0 Å². The summed E-state index contributed by atoms with van der Waals surface area (Å²) in [4.78, 5) is 90.7. The van der Waals surface area contributed by atoms with Gasteiger partial charge in [-0.1, -0.05) is 84.9 Å². The van der Waals surface area contributed by atoms with Gasteiger partial charge in [0.1, 0.15) is 47.8 Å².